The predicted octanol–water partition coefficient (Wildman–Crippen LogP) is 3.43. The van der Waals surface area contributed by atoms with Crippen LogP contribution in [0.5, 0.6) is 5.75 Å². The minimum absolute atomic E-state index is 0.232. The molecule has 2 aromatic carbocycles. The van der Waals surface area contributed by atoms with Crippen LogP contribution in [0.1, 0.15) is 48.6 Å². The first kappa shape index (κ1) is 23.3. The van der Waals surface area contributed by atoms with Crippen LogP contribution in [0.2, 0.25) is 0 Å². The predicted molar refractivity (Wildman–Crippen MR) is 122 cm³/mol. The lowest BCUT2D eigenvalue weighted by molar-refractivity contribution is -0.134. The number of imide groups is 1. The van der Waals surface area contributed by atoms with Gasteiger partial charge in [-0.25, -0.2) is 4.79 Å². The molecule has 0 spiro atoms. The molecule has 0 bridgehead atoms. The number of rotatable bonds is 8. The van der Waals surface area contributed by atoms with Crippen molar-refractivity contribution in [2.45, 2.75) is 52.1 Å². The highest BCUT2D eigenvalue weighted by molar-refractivity contribution is 6.08. The van der Waals surface area contributed by atoms with Crippen molar-refractivity contribution in [2.75, 3.05) is 13.7 Å². The molecule has 0 saturated carbocycles. The summed E-state index contributed by atoms with van der Waals surface area (Å²) in [6, 6.07) is 12.8. The lowest BCUT2D eigenvalue weighted by Gasteiger charge is -2.22. The molecule has 0 aliphatic carbocycles. The SMILES string of the molecule is COc1ccc(CCC2(C)NC(=O)N(CC(=O)NC(C)c3ccc(C)c(C)c3)C2=O)cc1. The molecule has 2 atom stereocenters. The molecule has 7 heteroatoms. The molecule has 2 aromatic rings. The Kier molecular flexibility index (Phi) is 6.87. The van der Waals surface area contributed by atoms with Crippen molar-refractivity contribution >= 4 is 17.8 Å². The molecule has 1 aliphatic rings. The van der Waals surface area contributed by atoms with E-state index in [9.17, 15) is 14.4 Å². The molecule has 4 amide bonds. The van der Waals surface area contributed by atoms with Gasteiger partial charge in [0.2, 0.25) is 5.91 Å². The van der Waals surface area contributed by atoms with Gasteiger partial charge in [-0.05, 0) is 74.9 Å². The average Bonchev–Trinajstić information content (AvgIpc) is 2.97. The molecular weight excluding hydrogens is 406 g/mol. The Morgan fingerprint density at radius 2 is 1.81 bits per heavy atom. The molecule has 170 valence electrons. The number of carbonyl (C=O) groups excluding carboxylic acids is 3. The summed E-state index contributed by atoms with van der Waals surface area (Å²) in [7, 11) is 1.61. The van der Waals surface area contributed by atoms with Crippen LogP contribution in [-0.4, -0.2) is 41.9 Å². The van der Waals surface area contributed by atoms with Crippen LogP contribution in [0.25, 0.3) is 0 Å². The number of ether oxygens (including phenoxy) is 1. The highest BCUT2D eigenvalue weighted by Crippen LogP contribution is 2.24. The summed E-state index contributed by atoms with van der Waals surface area (Å²) in [5, 5.41) is 5.64. The van der Waals surface area contributed by atoms with E-state index in [2.05, 4.69) is 10.6 Å². The number of hydrogen-bond donors (Lipinski definition) is 2. The summed E-state index contributed by atoms with van der Waals surface area (Å²) in [6.07, 6.45) is 1.04. The Labute approximate surface area is 189 Å². The normalized spacial score (nSPS) is 19.0. The molecule has 2 unspecified atom stereocenters. The fourth-order valence-electron chi connectivity index (χ4n) is 3.79. The number of nitrogens with zero attached hydrogens (tertiary/aromatic N) is 1. The van der Waals surface area contributed by atoms with Gasteiger partial charge in [-0.15, -0.1) is 0 Å². The highest BCUT2D eigenvalue weighted by Gasteiger charge is 2.47. The lowest BCUT2D eigenvalue weighted by Crippen LogP contribution is -2.45. The van der Waals surface area contributed by atoms with Gasteiger partial charge in [0.15, 0.2) is 0 Å². The average molecular weight is 438 g/mol. The first-order valence-electron chi connectivity index (χ1n) is 10.8. The number of aryl methyl sites for hydroxylation is 3. The van der Waals surface area contributed by atoms with Gasteiger partial charge in [0, 0.05) is 0 Å². The molecule has 1 saturated heterocycles. The summed E-state index contributed by atoms with van der Waals surface area (Å²) < 4.78 is 5.16. The molecule has 1 heterocycles. The maximum atomic E-state index is 13.0. The molecule has 1 aliphatic heterocycles. The first-order chi connectivity index (χ1) is 15.1. The Bertz CT molecular complexity index is 1020. The van der Waals surface area contributed by atoms with E-state index in [1.807, 2.05) is 63.2 Å². The van der Waals surface area contributed by atoms with E-state index in [1.165, 1.54) is 5.56 Å². The largest absolute Gasteiger partial charge is 0.497 e. The van der Waals surface area contributed by atoms with Crippen molar-refractivity contribution in [1.29, 1.82) is 0 Å². The van der Waals surface area contributed by atoms with Crippen LogP contribution in [0.15, 0.2) is 42.5 Å². The van der Waals surface area contributed by atoms with Gasteiger partial charge in [-0.2, -0.15) is 0 Å². The lowest BCUT2D eigenvalue weighted by atomic mass is 9.93. The van der Waals surface area contributed by atoms with Crippen LogP contribution in [-0.2, 0) is 16.0 Å². The van der Waals surface area contributed by atoms with Crippen molar-refractivity contribution in [3.63, 3.8) is 0 Å². The Hall–Kier alpha value is -3.35. The maximum Gasteiger partial charge on any atom is 0.325 e. The van der Waals surface area contributed by atoms with Gasteiger partial charge < -0.3 is 15.4 Å². The molecule has 2 N–H and O–H groups in total. The van der Waals surface area contributed by atoms with Crippen molar-refractivity contribution in [3.05, 3.63) is 64.7 Å². The van der Waals surface area contributed by atoms with Crippen molar-refractivity contribution in [3.8, 4) is 5.75 Å². The number of hydrogen-bond acceptors (Lipinski definition) is 4. The van der Waals surface area contributed by atoms with Crippen LogP contribution in [0, 0.1) is 13.8 Å². The molecule has 7 nitrogen and oxygen atoms in total. The van der Waals surface area contributed by atoms with E-state index in [0.29, 0.717) is 12.8 Å². The fourth-order valence-corrected chi connectivity index (χ4v) is 3.79. The standard InChI is InChI=1S/C25H31N3O4/c1-16-6-9-20(14-17(16)2)18(3)26-22(29)15-28-23(30)25(4,27-24(28)31)13-12-19-7-10-21(32-5)11-8-19/h6-11,14,18H,12-13,15H2,1-5H3,(H,26,29)(H,27,31). The van der Waals surface area contributed by atoms with E-state index in [-0.39, 0.29) is 24.4 Å². The van der Waals surface area contributed by atoms with Gasteiger partial charge in [0.05, 0.1) is 13.2 Å². The van der Waals surface area contributed by atoms with Crippen molar-refractivity contribution in [1.82, 2.24) is 15.5 Å². The zero-order valence-corrected chi connectivity index (χ0v) is 19.3. The van der Waals surface area contributed by atoms with Crippen LogP contribution < -0.4 is 15.4 Å². The van der Waals surface area contributed by atoms with Gasteiger partial charge >= 0.3 is 6.03 Å². The summed E-state index contributed by atoms with van der Waals surface area (Å²) in [6.45, 7) is 7.33. The third kappa shape index (κ3) is 5.10. The topological polar surface area (TPSA) is 87.7 Å². The van der Waals surface area contributed by atoms with Gasteiger partial charge in [-0.3, -0.25) is 14.5 Å². The molecule has 3 rings (SSSR count). The van der Waals surface area contributed by atoms with E-state index < -0.39 is 11.6 Å². The summed E-state index contributed by atoms with van der Waals surface area (Å²) in [4.78, 5) is 39.0. The minimum atomic E-state index is -1.04. The number of amides is 4. The molecular formula is C25H31N3O4. The number of methoxy groups -OCH3 is 1. The number of nitrogens with one attached hydrogen (secondary N) is 2. The van der Waals surface area contributed by atoms with Gasteiger partial charge in [0.25, 0.3) is 5.91 Å². The first-order valence-corrected chi connectivity index (χ1v) is 10.8. The zero-order valence-electron chi connectivity index (χ0n) is 19.3. The van der Waals surface area contributed by atoms with Crippen LogP contribution >= 0.6 is 0 Å². The van der Waals surface area contributed by atoms with Crippen LogP contribution in [0.3, 0.4) is 0 Å². The Balaban J connectivity index is 1.59. The maximum absolute atomic E-state index is 13.0. The van der Waals surface area contributed by atoms with Gasteiger partial charge in [0.1, 0.15) is 17.8 Å². The monoisotopic (exact) mass is 437 g/mol. The Morgan fingerprint density at radius 3 is 2.44 bits per heavy atom. The second kappa shape index (κ2) is 9.42. The number of carbonyl (C=O) groups is 3. The summed E-state index contributed by atoms with van der Waals surface area (Å²) in [5.41, 5.74) is 3.29. The molecule has 0 radical (unpaired) electrons. The van der Waals surface area contributed by atoms with Crippen molar-refractivity contribution in [2.24, 2.45) is 0 Å². The third-order valence-corrected chi connectivity index (χ3v) is 6.13. The third-order valence-electron chi connectivity index (χ3n) is 6.13. The smallest absolute Gasteiger partial charge is 0.325 e. The van der Waals surface area contributed by atoms with E-state index in [0.717, 1.165) is 27.3 Å². The summed E-state index contributed by atoms with van der Waals surface area (Å²) in [5.74, 6) is 0.000971. The summed E-state index contributed by atoms with van der Waals surface area (Å²) >= 11 is 0. The number of benzene rings is 2. The van der Waals surface area contributed by atoms with E-state index in [4.69, 9.17) is 4.74 Å². The molecule has 32 heavy (non-hydrogen) atoms. The minimum Gasteiger partial charge on any atom is -0.497 e. The van der Waals surface area contributed by atoms with Crippen molar-refractivity contribution < 1.29 is 19.1 Å². The highest BCUT2D eigenvalue weighted by atomic mass is 16.5. The van der Waals surface area contributed by atoms with E-state index in [1.54, 1.807) is 14.0 Å². The molecule has 1 fully saturated rings. The Morgan fingerprint density at radius 1 is 1.12 bits per heavy atom. The van der Waals surface area contributed by atoms with E-state index >= 15 is 0 Å². The second-order valence-corrected chi connectivity index (χ2v) is 8.63. The second-order valence-electron chi connectivity index (χ2n) is 8.63. The van der Waals surface area contributed by atoms with Gasteiger partial charge in [-0.1, -0.05) is 30.3 Å². The zero-order chi connectivity index (χ0) is 23.5. The quantitative estimate of drug-likeness (QED) is 0.620. The fraction of sp³-hybridized carbons (Fsp3) is 0.400. The molecule has 0 aromatic heterocycles. The van der Waals surface area contributed by atoms with Crippen LogP contribution in [0.4, 0.5) is 4.79 Å². The number of urea groups is 1.